The van der Waals surface area contributed by atoms with Crippen LogP contribution in [-0.4, -0.2) is 36.4 Å². The molecular weight excluding hydrogens is 274 g/mol. The zero-order valence-corrected chi connectivity index (χ0v) is 12.4. The van der Waals surface area contributed by atoms with Gasteiger partial charge in [-0.1, -0.05) is 0 Å². The highest BCUT2D eigenvalue weighted by Crippen LogP contribution is 2.28. The molecule has 18 heavy (non-hydrogen) atoms. The van der Waals surface area contributed by atoms with Crippen LogP contribution in [0.2, 0.25) is 0 Å². The van der Waals surface area contributed by atoms with Crippen molar-refractivity contribution in [2.75, 3.05) is 6.54 Å². The highest BCUT2D eigenvalue weighted by molar-refractivity contribution is 7.89. The lowest BCUT2D eigenvalue weighted by atomic mass is 10.4. The van der Waals surface area contributed by atoms with E-state index in [0.29, 0.717) is 4.88 Å². The third-order valence-electron chi connectivity index (χ3n) is 2.45. The van der Waals surface area contributed by atoms with Gasteiger partial charge in [0.25, 0.3) is 0 Å². The lowest BCUT2D eigenvalue weighted by Gasteiger charge is -2.23. The van der Waals surface area contributed by atoms with Gasteiger partial charge in [-0.15, -0.1) is 11.3 Å². The highest BCUT2D eigenvalue weighted by Gasteiger charge is 2.31. The van der Waals surface area contributed by atoms with E-state index in [4.69, 9.17) is 5.11 Å². The Bertz CT molecular complexity index is 545. The fourth-order valence-corrected chi connectivity index (χ4v) is 4.78. The van der Waals surface area contributed by atoms with E-state index in [2.05, 4.69) is 0 Å². The standard InChI is InChI=1S/C11H17NO4S2/c1-7(2)12(6-11(13)14)18(15,16)10-5-8(3)17-9(10)4/h5,7H,6H2,1-4H3,(H,13,14). The van der Waals surface area contributed by atoms with Crippen molar-refractivity contribution >= 4 is 27.3 Å². The Labute approximate surface area is 111 Å². The molecular formula is C11H17NO4S2. The Hall–Kier alpha value is -0.920. The minimum atomic E-state index is -3.74. The van der Waals surface area contributed by atoms with Crippen LogP contribution in [0.4, 0.5) is 0 Å². The number of hydrogen-bond acceptors (Lipinski definition) is 4. The molecule has 0 spiro atoms. The molecule has 7 heteroatoms. The normalized spacial score (nSPS) is 12.3. The third kappa shape index (κ3) is 3.09. The van der Waals surface area contributed by atoms with E-state index in [1.54, 1.807) is 26.8 Å². The van der Waals surface area contributed by atoms with Crippen molar-refractivity contribution in [1.29, 1.82) is 0 Å². The summed E-state index contributed by atoms with van der Waals surface area (Å²) in [6, 6.07) is 1.19. The van der Waals surface area contributed by atoms with Crippen molar-refractivity contribution in [2.45, 2.75) is 38.6 Å². The zero-order valence-electron chi connectivity index (χ0n) is 10.8. The van der Waals surface area contributed by atoms with Gasteiger partial charge in [0.05, 0.1) is 4.90 Å². The summed E-state index contributed by atoms with van der Waals surface area (Å²) in [5, 5.41) is 8.81. The number of aliphatic carboxylic acids is 1. The van der Waals surface area contributed by atoms with E-state index >= 15 is 0 Å². The van der Waals surface area contributed by atoms with E-state index in [9.17, 15) is 13.2 Å². The first-order chi connectivity index (χ1) is 8.16. The van der Waals surface area contributed by atoms with Crippen LogP contribution in [0.25, 0.3) is 0 Å². The zero-order chi connectivity index (χ0) is 14.1. The Kier molecular flexibility index (Phi) is 4.52. The fraction of sp³-hybridized carbons (Fsp3) is 0.545. The molecule has 0 aromatic carbocycles. The van der Waals surface area contributed by atoms with Gasteiger partial charge in [-0.3, -0.25) is 4.79 Å². The summed E-state index contributed by atoms with van der Waals surface area (Å²) >= 11 is 1.39. The molecule has 5 nitrogen and oxygen atoms in total. The van der Waals surface area contributed by atoms with E-state index in [1.807, 2.05) is 6.92 Å². The molecule has 0 saturated carbocycles. The van der Waals surface area contributed by atoms with Crippen molar-refractivity contribution in [3.63, 3.8) is 0 Å². The summed E-state index contributed by atoms with van der Waals surface area (Å²) < 4.78 is 25.8. The van der Waals surface area contributed by atoms with Crippen LogP contribution in [0, 0.1) is 13.8 Å². The molecule has 1 aromatic heterocycles. The molecule has 0 fully saturated rings. The van der Waals surface area contributed by atoms with Crippen LogP contribution in [-0.2, 0) is 14.8 Å². The van der Waals surface area contributed by atoms with Gasteiger partial charge in [-0.05, 0) is 33.8 Å². The monoisotopic (exact) mass is 291 g/mol. The molecule has 0 amide bonds. The molecule has 102 valence electrons. The summed E-state index contributed by atoms with van der Waals surface area (Å²) in [7, 11) is -3.74. The number of aryl methyl sites for hydroxylation is 2. The smallest absolute Gasteiger partial charge is 0.318 e. The van der Waals surface area contributed by atoms with E-state index in [1.165, 1.54) is 11.3 Å². The molecule has 0 radical (unpaired) electrons. The van der Waals surface area contributed by atoms with Gasteiger partial charge >= 0.3 is 5.97 Å². The first-order valence-electron chi connectivity index (χ1n) is 5.47. The minimum absolute atomic E-state index is 0.208. The molecule has 0 unspecified atom stereocenters. The van der Waals surface area contributed by atoms with E-state index in [0.717, 1.165) is 9.18 Å². The number of hydrogen-bond donors (Lipinski definition) is 1. The molecule has 0 bridgehead atoms. The van der Waals surface area contributed by atoms with Gasteiger partial charge in [-0.2, -0.15) is 4.31 Å². The third-order valence-corrected chi connectivity index (χ3v) is 5.69. The van der Waals surface area contributed by atoms with E-state index < -0.39 is 28.6 Å². The van der Waals surface area contributed by atoms with E-state index in [-0.39, 0.29) is 4.90 Å². The molecule has 0 saturated heterocycles. The van der Waals surface area contributed by atoms with Gasteiger partial charge in [-0.25, -0.2) is 8.42 Å². The second kappa shape index (κ2) is 5.38. The lowest BCUT2D eigenvalue weighted by Crippen LogP contribution is -2.40. The average Bonchev–Trinajstić information content (AvgIpc) is 2.54. The second-order valence-electron chi connectivity index (χ2n) is 4.32. The number of carboxylic acid groups (broad SMARTS) is 1. The number of thiophene rings is 1. The topological polar surface area (TPSA) is 74.7 Å². The van der Waals surface area contributed by atoms with Crippen LogP contribution in [0.15, 0.2) is 11.0 Å². The predicted octanol–water partition coefficient (Wildman–Crippen LogP) is 1.85. The van der Waals surface area contributed by atoms with Crippen molar-refractivity contribution in [3.8, 4) is 0 Å². The van der Waals surface area contributed by atoms with Gasteiger partial charge in [0.1, 0.15) is 6.54 Å². The maximum Gasteiger partial charge on any atom is 0.318 e. The molecule has 0 aliphatic rings. The maximum absolute atomic E-state index is 12.4. The SMILES string of the molecule is Cc1cc(S(=O)(=O)N(CC(=O)O)C(C)C)c(C)s1. The van der Waals surface area contributed by atoms with Gasteiger partial charge in [0.15, 0.2) is 0 Å². The summed E-state index contributed by atoms with van der Waals surface area (Å²) in [6.45, 7) is 6.36. The summed E-state index contributed by atoms with van der Waals surface area (Å²) in [5.41, 5.74) is 0. The molecule has 1 N–H and O–H groups in total. The van der Waals surface area contributed by atoms with Gasteiger partial charge < -0.3 is 5.11 Å². The first kappa shape index (κ1) is 15.1. The number of sulfonamides is 1. The summed E-state index contributed by atoms with van der Waals surface area (Å²) in [4.78, 5) is 12.6. The predicted molar refractivity (Wildman–Crippen MR) is 70.5 cm³/mol. The van der Waals surface area contributed by atoms with Gasteiger partial charge in [0.2, 0.25) is 10.0 Å². The first-order valence-corrected chi connectivity index (χ1v) is 7.72. The molecule has 1 rings (SSSR count). The summed E-state index contributed by atoms with van der Waals surface area (Å²) in [5.74, 6) is -1.16. The molecule has 0 atom stereocenters. The average molecular weight is 291 g/mol. The maximum atomic E-state index is 12.4. The lowest BCUT2D eigenvalue weighted by molar-refractivity contribution is -0.137. The molecule has 0 aliphatic heterocycles. The Balaban J connectivity index is 3.25. The molecule has 0 aliphatic carbocycles. The van der Waals surface area contributed by atoms with Crippen LogP contribution in [0.1, 0.15) is 23.6 Å². The number of rotatable bonds is 5. The highest BCUT2D eigenvalue weighted by atomic mass is 32.2. The second-order valence-corrected chi connectivity index (χ2v) is 7.63. The minimum Gasteiger partial charge on any atom is -0.480 e. The van der Waals surface area contributed by atoms with Crippen molar-refractivity contribution in [2.24, 2.45) is 0 Å². The largest absolute Gasteiger partial charge is 0.480 e. The quantitative estimate of drug-likeness (QED) is 0.898. The number of carboxylic acids is 1. The Morgan fingerprint density at radius 2 is 2.00 bits per heavy atom. The molecule has 1 aromatic rings. The summed E-state index contributed by atoms with van der Waals surface area (Å²) in [6.07, 6.45) is 0. The van der Waals surface area contributed by atoms with Crippen LogP contribution in [0.3, 0.4) is 0 Å². The molecule has 1 heterocycles. The van der Waals surface area contributed by atoms with Crippen LogP contribution in [0.5, 0.6) is 0 Å². The Morgan fingerprint density at radius 3 is 2.33 bits per heavy atom. The number of carbonyl (C=O) groups is 1. The Morgan fingerprint density at radius 1 is 1.44 bits per heavy atom. The van der Waals surface area contributed by atoms with Crippen molar-refractivity contribution in [1.82, 2.24) is 4.31 Å². The fourth-order valence-electron chi connectivity index (χ4n) is 1.67. The number of nitrogens with zero attached hydrogens (tertiary/aromatic N) is 1. The van der Waals surface area contributed by atoms with Crippen molar-refractivity contribution in [3.05, 3.63) is 15.8 Å². The van der Waals surface area contributed by atoms with Crippen molar-refractivity contribution < 1.29 is 18.3 Å². The van der Waals surface area contributed by atoms with Gasteiger partial charge in [0, 0.05) is 15.8 Å². The van der Waals surface area contributed by atoms with Crippen LogP contribution < -0.4 is 0 Å². The van der Waals surface area contributed by atoms with Crippen LogP contribution >= 0.6 is 11.3 Å².